The molecule has 0 aliphatic carbocycles. The van der Waals surface area contributed by atoms with Crippen molar-refractivity contribution in [3.8, 4) is 0 Å². The van der Waals surface area contributed by atoms with Crippen molar-refractivity contribution in [2.45, 2.75) is 19.4 Å². The predicted molar refractivity (Wildman–Crippen MR) is 37.6 cm³/mol. The lowest BCUT2D eigenvalue weighted by atomic mass is 10.3. The number of hydrogen-bond donors (Lipinski definition) is 0. The molecule has 1 rings (SSSR count). The molecule has 0 spiro atoms. The molecule has 0 amide bonds. The second-order valence-electron chi connectivity index (χ2n) is 2.10. The maximum Gasteiger partial charge on any atom is 0.144 e. The van der Waals surface area contributed by atoms with Crippen LogP contribution in [-0.4, -0.2) is 16.1 Å². The first-order chi connectivity index (χ1) is 4.88. The SMILES string of the molecule is CCC(C=O)n1cccn1. The van der Waals surface area contributed by atoms with E-state index in [0.29, 0.717) is 0 Å². The summed E-state index contributed by atoms with van der Waals surface area (Å²) in [5, 5.41) is 3.94. The lowest BCUT2D eigenvalue weighted by Crippen LogP contribution is -2.09. The molecule has 1 atom stereocenters. The van der Waals surface area contributed by atoms with Gasteiger partial charge in [0.1, 0.15) is 12.3 Å². The lowest BCUT2D eigenvalue weighted by molar-refractivity contribution is -0.110. The molecule has 0 aliphatic heterocycles. The Bertz CT molecular complexity index is 193. The lowest BCUT2D eigenvalue weighted by Gasteiger charge is -2.05. The number of hydrogen-bond acceptors (Lipinski definition) is 2. The van der Waals surface area contributed by atoms with Gasteiger partial charge in [0.25, 0.3) is 0 Å². The van der Waals surface area contributed by atoms with Gasteiger partial charge in [0, 0.05) is 12.4 Å². The monoisotopic (exact) mass is 138 g/mol. The topological polar surface area (TPSA) is 34.9 Å². The number of nitrogens with zero attached hydrogens (tertiary/aromatic N) is 2. The first-order valence-corrected chi connectivity index (χ1v) is 3.33. The zero-order valence-corrected chi connectivity index (χ0v) is 5.90. The summed E-state index contributed by atoms with van der Waals surface area (Å²) in [4.78, 5) is 10.4. The van der Waals surface area contributed by atoms with E-state index in [1.165, 1.54) is 0 Å². The summed E-state index contributed by atoms with van der Waals surface area (Å²) in [5.74, 6) is 0. The molecule has 0 fully saturated rings. The highest BCUT2D eigenvalue weighted by molar-refractivity contribution is 5.55. The average molecular weight is 138 g/mol. The fourth-order valence-electron chi connectivity index (χ4n) is 0.822. The van der Waals surface area contributed by atoms with Crippen LogP contribution in [0.4, 0.5) is 0 Å². The van der Waals surface area contributed by atoms with Gasteiger partial charge in [0.2, 0.25) is 0 Å². The summed E-state index contributed by atoms with van der Waals surface area (Å²) in [6.45, 7) is 1.96. The molecule has 3 heteroatoms. The molecule has 1 heterocycles. The quantitative estimate of drug-likeness (QED) is 0.585. The summed E-state index contributed by atoms with van der Waals surface area (Å²) in [6.07, 6.45) is 5.17. The van der Waals surface area contributed by atoms with Crippen LogP contribution in [0.25, 0.3) is 0 Å². The Morgan fingerprint density at radius 3 is 3.00 bits per heavy atom. The largest absolute Gasteiger partial charge is 0.301 e. The third kappa shape index (κ3) is 1.23. The van der Waals surface area contributed by atoms with Gasteiger partial charge in [0.15, 0.2) is 0 Å². The predicted octanol–water partition coefficient (Wildman–Crippen LogP) is 1.03. The van der Waals surface area contributed by atoms with Gasteiger partial charge in [-0.15, -0.1) is 0 Å². The van der Waals surface area contributed by atoms with Gasteiger partial charge >= 0.3 is 0 Å². The maximum absolute atomic E-state index is 10.4. The minimum Gasteiger partial charge on any atom is -0.301 e. The van der Waals surface area contributed by atoms with E-state index in [1.54, 1.807) is 17.1 Å². The molecule has 10 heavy (non-hydrogen) atoms. The van der Waals surface area contributed by atoms with Crippen molar-refractivity contribution in [2.24, 2.45) is 0 Å². The standard InChI is InChI=1S/C7H10N2O/c1-2-7(6-10)9-5-3-4-8-9/h3-7H,2H2,1H3. The highest BCUT2D eigenvalue weighted by Gasteiger charge is 2.04. The molecule has 1 unspecified atom stereocenters. The molecule has 54 valence electrons. The molecule has 0 radical (unpaired) electrons. The van der Waals surface area contributed by atoms with E-state index in [9.17, 15) is 4.79 Å². The Labute approximate surface area is 59.7 Å². The Morgan fingerprint density at radius 1 is 1.80 bits per heavy atom. The Kier molecular flexibility index (Phi) is 2.20. The first kappa shape index (κ1) is 6.99. The van der Waals surface area contributed by atoms with E-state index in [0.717, 1.165) is 12.7 Å². The molecular weight excluding hydrogens is 128 g/mol. The number of carbonyl (C=O) groups is 1. The van der Waals surface area contributed by atoms with Crippen LogP contribution in [0.15, 0.2) is 18.5 Å². The number of aromatic nitrogens is 2. The van der Waals surface area contributed by atoms with Crippen LogP contribution < -0.4 is 0 Å². The van der Waals surface area contributed by atoms with E-state index in [-0.39, 0.29) is 6.04 Å². The summed E-state index contributed by atoms with van der Waals surface area (Å²) < 4.78 is 1.66. The van der Waals surface area contributed by atoms with Crippen molar-refractivity contribution in [3.05, 3.63) is 18.5 Å². The fraction of sp³-hybridized carbons (Fsp3) is 0.429. The zero-order valence-electron chi connectivity index (χ0n) is 5.90. The van der Waals surface area contributed by atoms with Gasteiger partial charge in [-0.3, -0.25) is 4.68 Å². The van der Waals surface area contributed by atoms with Crippen LogP contribution in [-0.2, 0) is 4.79 Å². The van der Waals surface area contributed by atoms with Crippen LogP contribution in [0, 0.1) is 0 Å². The molecule has 1 aromatic heterocycles. The summed E-state index contributed by atoms with van der Waals surface area (Å²) >= 11 is 0. The normalized spacial score (nSPS) is 12.9. The van der Waals surface area contributed by atoms with Crippen molar-refractivity contribution in [1.82, 2.24) is 9.78 Å². The van der Waals surface area contributed by atoms with Gasteiger partial charge in [-0.1, -0.05) is 6.92 Å². The Balaban J connectivity index is 2.73. The highest BCUT2D eigenvalue weighted by Crippen LogP contribution is 2.04. The van der Waals surface area contributed by atoms with E-state index >= 15 is 0 Å². The van der Waals surface area contributed by atoms with Gasteiger partial charge in [0.05, 0.1) is 0 Å². The van der Waals surface area contributed by atoms with Crippen LogP contribution in [0.1, 0.15) is 19.4 Å². The molecule has 0 aliphatic rings. The third-order valence-electron chi connectivity index (χ3n) is 1.44. The molecule has 3 nitrogen and oxygen atoms in total. The van der Waals surface area contributed by atoms with Crippen LogP contribution in [0.5, 0.6) is 0 Å². The van der Waals surface area contributed by atoms with E-state index in [4.69, 9.17) is 0 Å². The minimum absolute atomic E-state index is 0.0880. The number of aldehydes is 1. The Morgan fingerprint density at radius 2 is 2.60 bits per heavy atom. The average Bonchev–Trinajstić information content (AvgIpc) is 2.43. The second kappa shape index (κ2) is 3.15. The smallest absolute Gasteiger partial charge is 0.144 e. The van der Waals surface area contributed by atoms with Crippen LogP contribution >= 0.6 is 0 Å². The van der Waals surface area contributed by atoms with Crippen LogP contribution in [0.2, 0.25) is 0 Å². The molecule has 0 bridgehead atoms. The van der Waals surface area contributed by atoms with Gasteiger partial charge in [-0.2, -0.15) is 5.10 Å². The van der Waals surface area contributed by atoms with Crippen molar-refractivity contribution in [1.29, 1.82) is 0 Å². The number of rotatable bonds is 3. The van der Waals surface area contributed by atoms with E-state index in [1.807, 2.05) is 13.0 Å². The van der Waals surface area contributed by atoms with E-state index in [2.05, 4.69) is 5.10 Å². The van der Waals surface area contributed by atoms with Crippen molar-refractivity contribution < 1.29 is 4.79 Å². The zero-order chi connectivity index (χ0) is 7.40. The summed E-state index contributed by atoms with van der Waals surface area (Å²) in [6, 6.07) is 1.72. The summed E-state index contributed by atoms with van der Waals surface area (Å²) in [7, 11) is 0. The van der Waals surface area contributed by atoms with Crippen LogP contribution in [0.3, 0.4) is 0 Å². The summed E-state index contributed by atoms with van der Waals surface area (Å²) in [5.41, 5.74) is 0. The first-order valence-electron chi connectivity index (χ1n) is 3.33. The maximum atomic E-state index is 10.4. The van der Waals surface area contributed by atoms with Gasteiger partial charge in [-0.25, -0.2) is 0 Å². The Hall–Kier alpha value is -1.12. The van der Waals surface area contributed by atoms with Gasteiger partial charge < -0.3 is 4.79 Å². The van der Waals surface area contributed by atoms with Crippen molar-refractivity contribution in [3.63, 3.8) is 0 Å². The third-order valence-corrected chi connectivity index (χ3v) is 1.44. The molecule has 0 N–H and O–H groups in total. The fourth-order valence-corrected chi connectivity index (χ4v) is 0.822. The molecular formula is C7H10N2O. The molecule has 0 saturated carbocycles. The molecule has 0 aromatic carbocycles. The highest BCUT2D eigenvalue weighted by atomic mass is 16.1. The van der Waals surface area contributed by atoms with E-state index < -0.39 is 0 Å². The van der Waals surface area contributed by atoms with Crippen molar-refractivity contribution in [2.75, 3.05) is 0 Å². The van der Waals surface area contributed by atoms with Crippen molar-refractivity contribution >= 4 is 6.29 Å². The minimum atomic E-state index is -0.0880. The number of carbonyl (C=O) groups excluding carboxylic acids is 1. The molecule has 0 saturated heterocycles. The van der Waals surface area contributed by atoms with Gasteiger partial charge in [-0.05, 0) is 12.5 Å². The second-order valence-corrected chi connectivity index (χ2v) is 2.10. The molecule has 1 aromatic rings.